The lowest BCUT2D eigenvalue weighted by atomic mass is 9.70. The van der Waals surface area contributed by atoms with Crippen LogP contribution in [0.3, 0.4) is 0 Å². The van der Waals surface area contributed by atoms with Gasteiger partial charge in [0, 0.05) is 21.7 Å². The Hall–Kier alpha value is -2.31. The van der Waals surface area contributed by atoms with Crippen LogP contribution in [0.15, 0.2) is 54.0 Å². The first kappa shape index (κ1) is 19.0. The summed E-state index contributed by atoms with van der Waals surface area (Å²) in [7, 11) is -3.34. The molecule has 6 heteroatoms. The Morgan fingerprint density at radius 2 is 1.89 bits per heavy atom. The van der Waals surface area contributed by atoms with E-state index in [1.54, 1.807) is 17.4 Å². The number of benzene rings is 2. The average molecular weight is 413 g/mol. The van der Waals surface area contributed by atoms with Crippen molar-refractivity contribution in [1.29, 1.82) is 0 Å². The molecule has 0 saturated heterocycles. The summed E-state index contributed by atoms with van der Waals surface area (Å²) in [5, 5.41) is 4.46. The zero-order chi connectivity index (χ0) is 19.9. The van der Waals surface area contributed by atoms with Crippen molar-refractivity contribution in [2.24, 2.45) is 0 Å². The number of para-hydroxylation sites is 1. The van der Waals surface area contributed by atoms with Crippen LogP contribution in [-0.2, 0) is 15.4 Å². The summed E-state index contributed by atoms with van der Waals surface area (Å²) in [6.07, 6.45) is 5.13. The summed E-state index contributed by atoms with van der Waals surface area (Å²) in [5.74, 6) is 0. The fourth-order valence-corrected chi connectivity index (χ4v) is 5.63. The van der Waals surface area contributed by atoms with Gasteiger partial charge in [-0.15, -0.1) is 11.3 Å². The summed E-state index contributed by atoms with van der Waals surface area (Å²) in [6.45, 7) is 4.44. The Balaban J connectivity index is 1.93. The van der Waals surface area contributed by atoms with Gasteiger partial charge in [-0.3, -0.25) is 4.72 Å². The van der Waals surface area contributed by atoms with Crippen molar-refractivity contribution in [2.45, 2.75) is 32.1 Å². The lowest BCUT2D eigenvalue weighted by molar-refractivity contribution is 0.482. The first-order chi connectivity index (χ1) is 13.4. The van der Waals surface area contributed by atoms with Crippen LogP contribution in [0.1, 0.15) is 37.8 Å². The summed E-state index contributed by atoms with van der Waals surface area (Å²) in [5.41, 5.74) is 3.77. The molecule has 0 atom stereocenters. The van der Waals surface area contributed by atoms with Gasteiger partial charge in [0.25, 0.3) is 0 Å². The van der Waals surface area contributed by atoms with E-state index in [0.29, 0.717) is 5.69 Å². The van der Waals surface area contributed by atoms with Crippen LogP contribution >= 0.6 is 11.3 Å². The molecule has 0 spiro atoms. The molecular weight excluding hydrogens is 388 g/mol. The topological polar surface area (TPSA) is 62.0 Å². The SMILES string of the molecule is CCC(CC)(c1ccc2sccc2c1)c1c[nH]c2c(NS(C)(=O)=O)cccc12. The number of rotatable bonds is 6. The Kier molecular flexibility index (Phi) is 4.71. The second-order valence-corrected chi connectivity index (χ2v) is 9.96. The van der Waals surface area contributed by atoms with Crippen LogP contribution < -0.4 is 4.72 Å². The summed E-state index contributed by atoms with van der Waals surface area (Å²) in [4.78, 5) is 3.33. The van der Waals surface area contributed by atoms with E-state index in [-0.39, 0.29) is 5.41 Å². The molecule has 0 bridgehead atoms. The smallest absolute Gasteiger partial charge is 0.229 e. The summed E-state index contributed by atoms with van der Waals surface area (Å²) >= 11 is 1.76. The maximum absolute atomic E-state index is 11.8. The maximum Gasteiger partial charge on any atom is 0.229 e. The third-order valence-electron chi connectivity index (χ3n) is 5.74. The Morgan fingerprint density at radius 1 is 1.11 bits per heavy atom. The van der Waals surface area contributed by atoms with Gasteiger partial charge in [0.15, 0.2) is 0 Å². The number of fused-ring (bicyclic) bond motifs is 2. The molecule has 0 aliphatic heterocycles. The van der Waals surface area contributed by atoms with Gasteiger partial charge in [-0.2, -0.15) is 0 Å². The van der Waals surface area contributed by atoms with Gasteiger partial charge in [0.05, 0.1) is 17.5 Å². The molecule has 2 aromatic carbocycles. The molecule has 28 heavy (non-hydrogen) atoms. The predicted octanol–water partition coefficient (Wildman–Crippen LogP) is 5.86. The molecule has 0 saturated carbocycles. The molecule has 4 nitrogen and oxygen atoms in total. The van der Waals surface area contributed by atoms with E-state index in [0.717, 1.165) is 23.7 Å². The van der Waals surface area contributed by atoms with Crippen molar-refractivity contribution in [2.75, 3.05) is 11.0 Å². The predicted molar refractivity (Wildman–Crippen MR) is 120 cm³/mol. The first-order valence-electron chi connectivity index (χ1n) is 9.44. The molecule has 4 rings (SSSR count). The number of aromatic amines is 1. The van der Waals surface area contributed by atoms with Crippen LogP contribution in [0.4, 0.5) is 5.69 Å². The molecule has 2 heterocycles. The van der Waals surface area contributed by atoms with Crippen LogP contribution in [0.5, 0.6) is 0 Å². The minimum atomic E-state index is -3.34. The second-order valence-electron chi connectivity index (χ2n) is 7.27. The fraction of sp³-hybridized carbons (Fsp3) is 0.273. The lowest BCUT2D eigenvalue weighted by Gasteiger charge is -2.33. The van der Waals surface area contributed by atoms with E-state index < -0.39 is 10.0 Å². The van der Waals surface area contributed by atoms with Gasteiger partial charge >= 0.3 is 0 Å². The largest absolute Gasteiger partial charge is 0.359 e. The molecule has 2 N–H and O–H groups in total. The Bertz CT molecular complexity index is 1250. The molecule has 0 amide bonds. The fourth-order valence-electron chi connectivity index (χ4n) is 4.29. The molecule has 2 aromatic heterocycles. The highest BCUT2D eigenvalue weighted by molar-refractivity contribution is 7.92. The van der Waals surface area contributed by atoms with E-state index >= 15 is 0 Å². The standard InChI is InChI=1S/C22H24N2O2S2/c1-4-22(5-2,16-9-10-20-15(13-16)11-12-27-20)18-14-23-21-17(18)7-6-8-19(21)24-28(3,25)26/h6-14,23-24H,4-5H2,1-3H3. The van der Waals surface area contributed by atoms with Crippen LogP contribution in [0, 0.1) is 0 Å². The average Bonchev–Trinajstić information content (AvgIpc) is 3.30. The maximum atomic E-state index is 11.8. The van der Waals surface area contributed by atoms with E-state index in [9.17, 15) is 8.42 Å². The molecule has 0 unspecified atom stereocenters. The third-order valence-corrected chi connectivity index (χ3v) is 7.23. The molecule has 0 fully saturated rings. The number of hydrogen-bond donors (Lipinski definition) is 2. The molecular formula is C22H24N2O2S2. The zero-order valence-electron chi connectivity index (χ0n) is 16.2. The number of hydrogen-bond acceptors (Lipinski definition) is 3. The van der Waals surface area contributed by atoms with Crippen molar-refractivity contribution in [3.05, 3.63) is 65.2 Å². The van der Waals surface area contributed by atoms with Crippen LogP contribution in [0.2, 0.25) is 0 Å². The third kappa shape index (κ3) is 3.10. The van der Waals surface area contributed by atoms with Crippen molar-refractivity contribution in [3.63, 3.8) is 0 Å². The van der Waals surface area contributed by atoms with E-state index in [1.165, 1.54) is 27.5 Å². The molecule has 0 aliphatic rings. The number of thiophene rings is 1. The van der Waals surface area contributed by atoms with E-state index in [2.05, 4.69) is 59.3 Å². The van der Waals surface area contributed by atoms with Gasteiger partial charge < -0.3 is 4.98 Å². The number of H-pyrrole nitrogens is 1. The normalized spacial score (nSPS) is 12.7. The number of sulfonamides is 1. The highest BCUT2D eigenvalue weighted by Gasteiger charge is 2.33. The lowest BCUT2D eigenvalue weighted by Crippen LogP contribution is -2.25. The minimum absolute atomic E-state index is 0.141. The van der Waals surface area contributed by atoms with Crippen molar-refractivity contribution in [1.82, 2.24) is 4.98 Å². The van der Waals surface area contributed by atoms with Crippen LogP contribution in [-0.4, -0.2) is 19.7 Å². The molecule has 0 radical (unpaired) electrons. The van der Waals surface area contributed by atoms with Gasteiger partial charge in [-0.05, 0) is 59.0 Å². The van der Waals surface area contributed by atoms with Crippen molar-refractivity contribution < 1.29 is 8.42 Å². The highest BCUT2D eigenvalue weighted by atomic mass is 32.2. The van der Waals surface area contributed by atoms with E-state index in [4.69, 9.17) is 0 Å². The summed E-state index contributed by atoms with van der Waals surface area (Å²) in [6, 6.07) is 14.7. The van der Waals surface area contributed by atoms with Gasteiger partial charge in [-0.25, -0.2) is 8.42 Å². The minimum Gasteiger partial charge on any atom is -0.359 e. The number of anilines is 1. The molecule has 146 valence electrons. The molecule has 4 aromatic rings. The van der Waals surface area contributed by atoms with E-state index in [1.807, 2.05) is 12.3 Å². The van der Waals surface area contributed by atoms with Gasteiger partial charge in [-0.1, -0.05) is 32.0 Å². The Labute approximate surface area is 169 Å². The number of nitrogens with one attached hydrogen (secondary N) is 2. The first-order valence-corrected chi connectivity index (χ1v) is 12.2. The molecule has 0 aliphatic carbocycles. The van der Waals surface area contributed by atoms with Gasteiger partial charge in [0.1, 0.15) is 0 Å². The highest BCUT2D eigenvalue weighted by Crippen LogP contribution is 2.44. The number of aromatic nitrogens is 1. The zero-order valence-corrected chi connectivity index (χ0v) is 17.9. The van der Waals surface area contributed by atoms with Crippen molar-refractivity contribution in [3.8, 4) is 0 Å². The van der Waals surface area contributed by atoms with Crippen LogP contribution in [0.25, 0.3) is 21.0 Å². The van der Waals surface area contributed by atoms with Gasteiger partial charge in [0.2, 0.25) is 10.0 Å². The van der Waals surface area contributed by atoms with Crippen molar-refractivity contribution >= 4 is 48.0 Å². The Morgan fingerprint density at radius 3 is 2.61 bits per heavy atom. The second kappa shape index (κ2) is 6.94. The summed E-state index contributed by atoms with van der Waals surface area (Å²) < 4.78 is 27.4. The quantitative estimate of drug-likeness (QED) is 0.417. The monoisotopic (exact) mass is 412 g/mol.